The van der Waals surface area contributed by atoms with Crippen LogP contribution in [-0.4, -0.2) is 44.3 Å². The summed E-state index contributed by atoms with van der Waals surface area (Å²) < 4.78 is 10.6. The van der Waals surface area contributed by atoms with Crippen LogP contribution in [0.2, 0.25) is 0 Å². The van der Waals surface area contributed by atoms with Gasteiger partial charge in [-0.25, -0.2) is 4.79 Å². The van der Waals surface area contributed by atoms with Crippen molar-refractivity contribution in [2.24, 2.45) is 0 Å². The third kappa shape index (κ3) is 5.11. The molecule has 0 radical (unpaired) electrons. The third-order valence-corrected chi connectivity index (χ3v) is 4.85. The molecule has 1 N–H and O–H groups in total. The number of nitrogens with one attached hydrogen (secondary N) is 1. The highest BCUT2D eigenvalue weighted by Crippen LogP contribution is 2.32. The van der Waals surface area contributed by atoms with E-state index in [1.807, 2.05) is 17.0 Å². The number of urea groups is 1. The number of benzene rings is 1. The fourth-order valence-corrected chi connectivity index (χ4v) is 3.28. The summed E-state index contributed by atoms with van der Waals surface area (Å²) in [6.45, 7) is 7.95. The first-order chi connectivity index (χ1) is 11.9. The van der Waals surface area contributed by atoms with Crippen molar-refractivity contribution in [2.75, 3.05) is 32.7 Å². The van der Waals surface area contributed by atoms with Gasteiger partial charge in [0.05, 0.1) is 12.8 Å². The summed E-state index contributed by atoms with van der Waals surface area (Å²) in [6, 6.07) is 6.19. The molecule has 1 atom stereocenters. The Morgan fingerprint density at radius 3 is 2.68 bits per heavy atom. The van der Waals surface area contributed by atoms with Crippen LogP contribution in [0.25, 0.3) is 0 Å². The van der Waals surface area contributed by atoms with Crippen molar-refractivity contribution in [3.8, 4) is 5.75 Å². The van der Waals surface area contributed by atoms with Crippen LogP contribution < -0.4 is 10.1 Å². The van der Waals surface area contributed by atoms with Crippen molar-refractivity contribution >= 4 is 11.7 Å². The molecule has 2 amide bonds. The molecule has 1 saturated heterocycles. The van der Waals surface area contributed by atoms with Crippen LogP contribution in [0, 0.1) is 0 Å². The van der Waals surface area contributed by atoms with E-state index in [1.54, 1.807) is 14.2 Å². The number of likely N-dealkylation sites (tertiary alicyclic amines) is 1. The summed E-state index contributed by atoms with van der Waals surface area (Å²) in [6.07, 6.45) is 4.14. The van der Waals surface area contributed by atoms with Crippen LogP contribution in [0.4, 0.5) is 10.5 Å². The van der Waals surface area contributed by atoms with E-state index >= 15 is 0 Å². The third-order valence-electron chi connectivity index (χ3n) is 4.85. The summed E-state index contributed by atoms with van der Waals surface area (Å²) >= 11 is 0. The molecule has 5 nitrogen and oxygen atoms in total. The van der Waals surface area contributed by atoms with E-state index in [2.05, 4.69) is 32.2 Å². The van der Waals surface area contributed by atoms with E-state index in [1.165, 1.54) is 6.42 Å². The molecule has 1 aromatic carbocycles. The number of carbonyl (C=O) groups excluding carboxylic acids is 1. The molecule has 1 aromatic rings. The number of amides is 2. The zero-order valence-corrected chi connectivity index (χ0v) is 16.2. The van der Waals surface area contributed by atoms with E-state index in [0.29, 0.717) is 12.4 Å². The highest BCUT2D eigenvalue weighted by Gasteiger charge is 2.27. The van der Waals surface area contributed by atoms with Crippen LogP contribution in [0.5, 0.6) is 5.75 Å². The Morgan fingerprint density at radius 1 is 1.28 bits per heavy atom. The van der Waals surface area contributed by atoms with Gasteiger partial charge in [0.1, 0.15) is 5.75 Å². The predicted molar refractivity (Wildman–Crippen MR) is 102 cm³/mol. The topological polar surface area (TPSA) is 50.8 Å². The number of hydrogen-bond acceptors (Lipinski definition) is 3. The van der Waals surface area contributed by atoms with Gasteiger partial charge in [0, 0.05) is 26.3 Å². The standard InChI is InChI=1S/C20H32N2O3/c1-20(2,3)15-9-10-18(25-5)17(14-15)21-19(23)22-12-7-6-8-16(22)11-13-24-4/h9-10,14,16H,6-8,11-13H2,1-5H3,(H,21,23)/t16-/m0/s1. The van der Waals surface area contributed by atoms with Gasteiger partial charge in [-0.15, -0.1) is 0 Å². The van der Waals surface area contributed by atoms with Gasteiger partial charge in [-0.3, -0.25) is 0 Å². The molecule has 0 unspecified atom stereocenters. The van der Waals surface area contributed by atoms with Gasteiger partial charge in [0.15, 0.2) is 0 Å². The summed E-state index contributed by atoms with van der Waals surface area (Å²) in [7, 11) is 3.33. The molecule has 1 aliphatic rings. The molecule has 0 saturated carbocycles. The van der Waals surface area contributed by atoms with E-state index in [-0.39, 0.29) is 17.5 Å². The number of carbonyl (C=O) groups is 1. The maximum atomic E-state index is 12.9. The molecular weight excluding hydrogens is 316 g/mol. The van der Waals surface area contributed by atoms with E-state index < -0.39 is 0 Å². The van der Waals surface area contributed by atoms with E-state index in [4.69, 9.17) is 9.47 Å². The lowest BCUT2D eigenvalue weighted by Crippen LogP contribution is -2.46. The van der Waals surface area contributed by atoms with E-state index in [0.717, 1.165) is 37.1 Å². The zero-order chi connectivity index (χ0) is 18.4. The molecular formula is C20H32N2O3. The molecule has 2 rings (SSSR count). The minimum atomic E-state index is -0.0508. The fraction of sp³-hybridized carbons (Fsp3) is 0.650. The number of anilines is 1. The zero-order valence-electron chi connectivity index (χ0n) is 16.2. The number of ether oxygens (including phenoxy) is 2. The molecule has 25 heavy (non-hydrogen) atoms. The van der Waals surface area contributed by atoms with Crippen LogP contribution in [-0.2, 0) is 10.2 Å². The first-order valence-electron chi connectivity index (χ1n) is 9.12. The minimum Gasteiger partial charge on any atom is -0.495 e. The Morgan fingerprint density at radius 2 is 2.04 bits per heavy atom. The van der Waals surface area contributed by atoms with Gasteiger partial charge in [-0.2, -0.15) is 0 Å². The highest BCUT2D eigenvalue weighted by atomic mass is 16.5. The van der Waals surface area contributed by atoms with Crippen molar-refractivity contribution in [3.63, 3.8) is 0 Å². The first-order valence-corrected chi connectivity index (χ1v) is 9.12. The molecule has 1 aliphatic heterocycles. The lowest BCUT2D eigenvalue weighted by atomic mass is 9.87. The van der Waals surface area contributed by atoms with Crippen molar-refractivity contribution in [2.45, 2.75) is 57.9 Å². The highest BCUT2D eigenvalue weighted by molar-refractivity contribution is 5.91. The van der Waals surface area contributed by atoms with Crippen LogP contribution in [0.3, 0.4) is 0 Å². The summed E-state index contributed by atoms with van der Waals surface area (Å²) in [5.74, 6) is 0.687. The molecule has 0 aliphatic carbocycles. The van der Waals surface area contributed by atoms with Crippen molar-refractivity contribution < 1.29 is 14.3 Å². The quantitative estimate of drug-likeness (QED) is 0.857. The van der Waals surface area contributed by atoms with Gasteiger partial charge >= 0.3 is 6.03 Å². The number of piperidine rings is 1. The lowest BCUT2D eigenvalue weighted by Gasteiger charge is -2.36. The fourth-order valence-electron chi connectivity index (χ4n) is 3.28. The lowest BCUT2D eigenvalue weighted by molar-refractivity contribution is 0.123. The average molecular weight is 348 g/mol. The summed E-state index contributed by atoms with van der Waals surface area (Å²) in [4.78, 5) is 14.8. The van der Waals surface area contributed by atoms with Crippen molar-refractivity contribution in [1.29, 1.82) is 0 Å². The van der Waals surface area contributed by atoms with Crippen LogP contribution in [0.1, 0.15) is 52.0 Å². The average Bonchev–Trinajstić information content (AvgIpc) is 2.59. The Hall–Kier alpha value is -1.75. The molecule has 140 valence electrons. The Kier molecular flexibility index (Phi) is 6.71. The molecule has 1 heterocycles. The Labute approximate surface area is 151 Å². The second-order valence-electron chi connectivity index (χ2n) is 7.72. The monoisotopic (exact) mass is 348 g/mol. The Bertz CT molecular complexity index is 581. The van der Waals surface area contributed by atoms with Crippen molar-refractivity contribution in [1.82, 2.24) is 4.90 Å². The first kappa shape index (κ1) is 19.6. The molecule has 5 heteroatoms. The van der Waals surface area contributed by atoms with Gasteiger partial charge in [-0.1, -0.05) is 26.8 Å². The van der Waals surface area contributed by atoms with Gasteiger partial charge in [0.2, 0.25) is 0 Å². The minimum absolute atomic E-state index is 0.0118. The molecule has 0 spiro atoms. The number of rotatable bonds is 5. The Balaban J connectivity index is 2.17. The van der Waals surface area contributed by atoms with Gasteiger partial charge < -0.3 is 19.7 Å². The normalized spacial score (nSPS) is 18.1. The smallest absolute Gasteiger partial charge is 0.322 e. The molecule has 0 aromatic heterocycles. The number of nitrogens with zero attached hydrogens (tertiary/aromatic N) is 1. The van der Waals surface area contributed by atoms with Crippen LogP contribution in [0.15, 0.2) is 18.2 Å². The summed E-state index contributed by atoms with van der Waals surface area (Å²) in [5, 5.41) is 3.07. The second kappa shape index (κ2) is 8.56. The summed E-state index contributed by atoms with van der Waals surface area (Å²) in [5.41, 5.74) is 1.91. The van der Waals surface area contributed by atoms with Gasteiger partial charge in [-0.05, 0) is 48.8 Å². The molecule has 0 bridgehead atoms. The number of hydrogen-bond donors (Lipinski definition) is 1. The number of methoxy groups -OCH3 is 2. The SMILES string of the molecule is COCC[C@@H]1CCCCN1C(=O)Nc1cc(C(C)(C)C)ccc1OC. The maximum Gasteiger partial charge on any atom is 0.322 e. The van der Waals surface area contributed by atoms with Crippen molar-refractivity contribution in [3.05, 3.63) is 23.8 Å². The van der Waals surface area contributed by atoms with Crippen LogP contribution >= 0.6 is 0 Å². The second-order valence-corrected chi connectivity index (χ2v) is 7.72. The molecule has 1 fully saturated rings. The largest absolute Gasteiger partial charge is 0.495 e. The predicted octanol–water partition coefficient (Wildman–Crippen LogP) is 4.42. The van der Waals surface area contributed by atoms with Gasteiger partial charge in [0.25, 0.3) is 0 Å². The maximum absolute atomic E-state index is 12.9. The van der Waals surface area contributed by atoms with E-state index in [9.17, 15) is 4.79 Å².